The van der Waals surface area contributed by atoms with E-state index in [1.54, 1.807) is 6.92 Å². The highest BCUT2D eigenvalue weighted by Gasteiger charge is 2.00. The zero-order chi connectivity index (χ0) is 13.1. The first-order valence-corrected chi connectivity index (χ1v) is 5.39. The van der Waals surface area contributed by atoms with Gasteiger partial charge in [0.25, 0.3) is 5.91 Å². The largest absolute Gasteiger partial charge is 0.489 e. The highest BCUT2D eigenvalue weighted by Crippen LogP contribution is 1.88. The molecule has 0 rings (SSSR count). The summed E-state index contributed by atoms with van der Waals surface area (Å²) in [6.45, 7) is 8.33. The molecule has 0 fully saturated rings. The van der Waals surface area contributed by atoms with Crippen molar-refractivity contribution >= 4 is 11.8 Å². The van der Waals surface area contributed by atoms with Gasteiger partial charge in [-0.25, -0.2) is 0 Å². The Morgan fingerprint density at radius 1 is 1.12 bits per heavy atom. The van der Waals surface area contributed by atoms with E-state index in [9.17, 15) is 9.59 Å². The molecule has 0 unspecified atom stereocenters. The molecule has 0 bridgehead atoms. The second-order valence-corrected chi connectivity index (χ2v) is 3.44. The fourth-order valence-corrected chi connectivity index (χ4v) is 0.904. The molecule has 0 atom stereocenters. The molecule has 0 saturated carbocycles. The molecule has 0 aromatic carbocycles. The predicted molar refractivity (Wildman–Crippen MR) is 63.3 cm³/mol. The zero-order valence-corrected chi connectivity index (χ0v) is 10.4. The molecule has 0 spiro atoms. The topological polar surface area (TPSA) is 76.7 Å². The van der Waals surface area contributed by atoms with E-state index >= 15 is 0 Å². The van der Waals surface area contributed by atoms with Crippen LogP contribution >= 0.6 is 0 Å². The zero-order valence-electron chi connectivity index (χ0n) is 10.4. The van der Waals surface area contributed by atoms with Crippen molar-refractivity contribution in [3.05, 3.63) is 12.3 Å². The van der Waals surface area contributed by atoms with Crippen molar-refractivity contribution < 1.29 is 19.1 Å². The summed E-state index contributed by atoms with van der Waals surface area (Å²) in [5.41, 5.74) is 0. The monoisotopic (exact) mass is 244 g/mol. The van der Waals surface area contributed by atoms with Gasteiger partial charge in [0, 0.05) is 20.0 Å². The Labute approximate surface area is 101 Å². The van der Waals surface area contributed by atoms with Crippen LogP contribution in [-0.2, 0) is 19.1 Å². The molecule has 6 nitrogen and oxygen atoms in total. The third-order valence-corrected chi connectivity index (χ3v) is 1.64. The fourth-order valence-electron chi connectivity index (χ4n) is 0.904. The molecule has 2 amide bonds. The quantitative estimate of drug-likeness (QED) is 0.435. The number of allylic oxidation sites excluding steroid dienone is 1. The smallest absolute Gasteiger partial charge is 0.257 e. The fraction of sp³-hybridized carbons (Fsp3) is 0.636. The van der Waals surface area contributed by atoms with E-state index in [0.717, 1.165) is 0 Å². The summed E-state index contributed by atoms with van der Waals surface area (Å²) in [7, 11) is 0. The van der Waals surface area contributed by atoms with Crippen LogP contribution in [0.15, 0.2) is 12.3 Å². The molecule has 0 aliphatic rings. The van der Waals surface area contributed by atoms with Gasteiger partial charge in [-0.05, 0) is 6.92 Å². The Kier molecular flexibility index (Phi) is 8.77. The average Bonchev–Trinajstić information content (AvgIpc) is 2.24. The number of hydrogen-bond acceptors (Lipinski definition) is 4. The Morgan fingerprint density at radius 3 is 2.24 bits per heavy atom. The van der Waals surface area contributed by atoms with Gasteiger partial charge in [0.2, 0.25) is 5.91 Å². The van der Waals surface area contributed by atoms with E-state index in [1.165, 1.54) is 6.92 Å². The highest BCUT2D eigenvalue weighted by atomic mass is 16.5. The Bertz CT molecular complexity index is 266. The lowest BCUT2D eigenvalue weighted by atomic mass is 10.5. The number of nitrogens with one attached hydrogen (secondary N) is 2. The van der Waals surface area contributed by atoms with Crippen LogP contribution in [0.25, 0.3) is 0 Å². The molecule has 0 aliphatic carbocycles. The number of carbonyl (C=O) groups excluding carboxylic acids is 2. The summed E-state index contributed by atoms with van der Waals surface area (Å²) in [6, 6.07) is 0. The Balaban J connectivity index is 3.24. The van der Waals surface area contributed by atoms with Gasteiger partial charge < -0.3 is 20.1 Å². The number of hydrogen-bond donors (Lipinski definition) is 2. The van der Waals surface area contributed by atoms with E-state index in [2.05, 4.69) is 17.2 Å². The van der Waals surface area contributed by atoms with Crippen molar-refractivity contribution in [1.29, 1.82) is 0 Å². The maximum absolute atomic E-state index is 11.1. The summed E-state index contributed by atoms with van der Waals surface area (Å²) in [5, 5.41) is 5.22. The number of carbonyl (C=O) groups is 2. The van der Waals surface area contributed by atoms with Gasteiger partial charge in [-0.15, -0.1) is 0 Å². The van der Waals surface area contributed by atoms with Gasteiger partial charge in [0.05, 0.1) is 19.0 Å². The molecule has 17 heavy (non-hydrogen) atoms. The number of ether oxygens (including phenoxy) is 2. The van der Waals surface area contributed by atoms with Crippen molar-refractivity contribution in [2.75, 3.05) is 32.9 Å². The van der Waals surface area contributed by atoms with Gasteiger partial charge in [-0.2, -0.15) is 0 Å². The molecule has 0 heterocycles. The summed E-state index contributed by atoms with van der Waals surface area (Å²) >= 11 is 0. The third kappa shape index (κ3) is 12.4. The van der Waals surface area contributed by atoms with Crippen LogP contribution in [-0.4, -0.2) is 44.7 Å². The molecule has 0 aromatic rings. The lowest BCUT2D eigenvalue weighted by Crippen LogP contribution is -2.31. The van der Waals surface area contributed by atoms with Crippen molar-refractivity contribution in [1.82, 2.24) is 10.6 Å². The van der Waals surface area contributed by atoms with Crippen molar-refractivity contribution in [2.24, 2.45) is 0 Å². The minimum absolute atomic E-state index is 0.0266. The average molecular weight is 244 g/mol. The van der Waals surface area contributed by atoms with Gasteiger partial charge in [-0.1, -0.05) is 6.58 Å². The van der Waals surface area contributed by atoms with E-state index in [-0.39, 0.29) is 18.4 Å². The molecular formula is C11H20N2O4. The van der Waals surface area contributed by atoms with Gasteiger partial charge in [0.15, 0.2) is 6.61 Å². The maximum atomic E-state index is 11.1. The molecular weight excluding hydrogens is 224 g/mol. The highest BCUT2D eigenvalue weighted by molar-refractivity contribution is 5.77. The summed E-state index contributed by atoms with van der Waals surface area (Å²) in [4.78, 5) is 21.6. The number of rotatable bonds is 9. The maximum Gasteiger partial charge on any atom is 0.257 e. The predicted octanol–water partition coefficient (Wildman–Crippen LogP) is -0.194. The van der Waals surface area contributed by atoms with Crippen LogP contribution in [0.4, 0.5) is 0 Å². The Morgan fingerprint density at radius 2 is 1.71 bits per heavy atom. The van der Waals surface area contributed by atoms with Crippen LogP contribution in [0.3, 0.4) is 0 Å². The normalized spacial score (nSPS) is 9.53. The third-order valence-electron chi connectivity index (χ3n) is 1.64. The minimum Gasteiger partial charge on any atom is -0.489 e. The van der Waals surface area contributed by atoms with E-state index < -0.39 is 0 Å². The molecule has 0 radical (unpaired) electrons. The summed E-state index contributed by atoms with van der Waals surface area (Å²) in [5.74, 6) is 0.212. The molecule has 0 aliphatic heterocycles. The van der Waals surface area contributed by atoms with Crippen LogP contribution < -0.4 is 10.6 Å². The summed E-state index contributed by atoms with van der Waals surface area (Å²) in [6.07, 6.45) is 0. The van der Waals surface area contributed by atoms with Crippen LogP contribution in [0.1, 0.15) is 13.8 Å². The first kappa shape index (κ1) is 15.4. The second-order valence-electron chi connectivity index (χ2n) is 3.44. The van der Waals surface area contributed by atoms with E-state index in [4.69, 9.17) is 9.47 Å². The summed E-state index contributed by atoms with van der Waals surface area (Å²) < 4.78 is 10.1. The first-order chi connectivity index (χ1) is 8.02. The van der Waals surface area contributed by atoms with Gasteiger partial charge in [-0.3, -0.25) is 9.59 Å². The Hall–Kier alpha value is -1.56. The molecule has 0 saturated heterocycles. The van der Waals surface area contributed by atoms with E-state index in [0.29, 0.717) is 32.1 Å². The number of amides is 2. The second kappa shape index (κ2) is 9.65. The van der Waals surface area contributed by atoms with Gasteiger partial charge in [0.1, 0.15) is 0 Å². The molecule has 0 aromatic heterocycles. The van der Waals surface area contributed by atoms with Gasteiger partial charge >= 0.3 is 0 Å². The minimum atomic E-state index is -0.210. The van der Waals surface area contributed by atoms with Crippen molar-refractivity contribution in [3.8, 4) is 0 Å². The van der Waals surface area contributed by atoms with Crippen molar-refractivity contribution in [3.63, 3.8) is 0 Å². The van der Waals surface area contributed by atoms with Crippen LogP contribution in [0.2, 0.25) is 0 Å². The van der Waals surface area contributed by atoms with Crippen molar-refractivity contribution in [2.45, 2.75) is 13.8 Å². The molecule has 6 heteroatoms. The standard InChI is InChI=1S/C11H20N2O4/c1-9(2)17-8-11(15)13-5-7-16-6-4-12-10(3)14/h1,4-8H2,2-3H3,(H,12,14)(H,13,15). The lowest BCUT2D eigenvalue weighted by molar-refractivity contribution is -0.124. The van der Waals surface area contributed by atoms with E-state index in [1.807, 2.05) is 0 Å². The lowest BCUT2D eigenvalue weighted by Gasteiger charge is -2.07. The SMILES string of the molecule is C=C(C)OCC(=O)NCCOCCNC(C)=O. The molecule has 2 N–H and O–H groups in total. The van der Waals surface area contributed by atoms with Crippen LogP contribution in [0, 0.1) is 0 Å². The first-order valence-electron chi connectivity index (χ1n) is 5.39. The molecule has 98 valence electrons. The van der Waals surface area contributed by atoms with Crippen LogP contribution in [0.5, 0.6) is 0 Å².